The Kier molecular flexibility index (Phi) is 5.07. The molecule has 3 N–H and O–H groups in total. The largest absolute Gasteiger partial charge is 0.497 e. The van der Waals surface area contributed by atoms with E-state index in [0.29, 0.717) is 6.07 Å². The summed E-state index contributed by atoms with van der Waals surface area (Å²) in [5, 5.41) is 11.1. The lowest BCUT2D eigenvalue weighted by Crippen LogP contribution is -2.18. The van der Waals surface area contributed by atoms with Crippen LogP contribution in [0.2, 0.25) is 0 Å². The molecule has 2 aromatic rings. The summed E-state index contributed by atoms with van der Waals surface area (Å²) >= 11 is 0. The quantitative estimate of drug-likeness (QED) is 0.571. The molecule has 0 atom stereocenters. The van der Waals surface area contributed by atoms with E-state index in [1.165, 1.54) is 7.11 Å². The number of nitrogens with two attached hydrogens (primary N) is 1. The van der Waals surface area contributed by atoms with E-state index in [0.717, 1.165) is 18.2 Å². The number of carbonyl (C=O) groups is 1. The van der Waals surface area contributed by atoms with E-state index < -0.39 is 54.3 Å². The molecule has 0 aliphatic carbocycles. The number of nitro groups is 1. The van der Waals surface area contributed by atoms with Crippen molar-refractivity contribution < 1.29 is 31.7 Å². The number of rotatable bonds is 6. The molecule has 0 aliphatic heterocycles. The molecule has 0 spiro atoms. The van der Waals surface area contributed by atoms with Crippen molar-refractivity contribution in [3.63, 3.8) is 0 Å². The van der Waals surface area contributed by atoms with Gasteiger partial charge in [0.1, 0.15) is 17.4 Å². The maximum Gasteiger partial charge on any atom is 0.293 e. The number of carbonyl (C=O) groups excluding carboxylic acids is 1. The molecule has 1 amide bonds. The van der Waals surface area contributed by atoms with Gasteiger partial charge in [-0.1, -0.05) is 0 Å². The number of nitrogens with one attached hydrogen (secondary N) is 1. The first kappa shape index (κ1) is 19.1. The van der Waals surface area contributed by atoms with Crippen LogP contribution in [-0.2, 0) is 10.0 Å². The molecule has 2 rings (SSSR count). The predicted octanol–water partition coefficient (Wildman–Crippen LogP) is 1.78. The minimum atomic E-state index is -4.65. The molecule has 0 aromatic heterocycles. The molecule has 0 bridgehead atoms. The lowest BCUT2D eigenvalue weighted by Gasteiger charge is -2.11. The van der Waals surface area contributed by atoms with E-state index in [4.69, 9.17) is 10.5 Å². The van der Waals surface area contributed by atoms with E-state index in [-0.39, 0.29) is 11.8 Å². The van der Waals surface area contributed by atoms with Crippen LogP contribution >= 0.6 is 0 Å². The van der Waals surface area contributed by atoms with Gasteiger partial charge in [0.25, 0.3) is 21.6 Å². The highest BCUT2D eigenvalue weighted by molar-refractivity contribution is 7.92. The van der Waals surface area contributed by atoms with Crippen molar-refractivity contribution >= 4 is 27.3 Å². The molecule has 0 radical (unpaired) electrons. The van der Waals surface area contributed by atoms with Crippen molar-refractivity contribution in [1.82, 2.24) is 0 Å². The molecule has 138 valence electrons. The maximum absolute atomic E-state index is 13.8. The van der Waals surface area contributed by atoms with Crippen LogP contribution in [0.15, 0.2) is 35.2 Å². The lowest BCUT2D eigenvalue weighted by atomic mass is 10.2. The number of amides is 1. The molecule has 2 aromatic carbocycles. The summed E-state index contributed by atoms with van der Waals surface area (Å²) in [5.41, 5.74) is 2.54. The van der Waals surface area contributed by atoms with Crippen LogP contribution in [0.4, 0.5) is 20.2 Å². The first-order chi connectivity index (χ1) is 12.1. The summed E-state index contributed by atoms with van der Waals surface area (Å²) in [7, 11) is -3.43. The van der Waals surface area contributed by atoms with Crippen LogP contribution in [-0.4, -0.2) is 26.4 Å². The molecule has 0 aliphatic rings. The molecule has 12 heteroatoms. The van der Waals surface area contributed by atoms with Crippen molar-refractivity contribution in [2.24, 2.45) is 5.73 Å². The third kappa shape index (κ3) is 3.69. The average molecular weight is 387 g/mol. The third-order valence-corrected chi connectivity index (χ3v) is 4.63. The standard InChI is InChI=1S/C14H11F2N3O6S/c1-25-7-2-3-13(12(4-7)19(21)22)26(23,24)18-11-5-8(14(17)20)9(15)6-10(11)16/h2-6,18H,1H3,(H2,17,20). The Labute approximate surface area is 145 Å². The molecular formula is C14H11F2N3O6S. The van der Waals surface area contributed by atoms with Gasteiger partial charge in [0, 0.05) is 6.07 Å². The Bertz CT molecular complexity index is 1010. The third-order valence-electron chi connectivity index (χ3n) is 3.22. The van der Waals surface area contributed by atoms with Crippen LogP contribution in [0.5, 0.6) is 5.75 Å². The first-order valence-corrected chi connectivity index (χ1v) is 8.19. The predicted molar refractivity (Wildman–Crippen MR) is 85.3 cm³/mol. The normalized spacial score (nSPS) is 11.0. The fraction of sp³-hybridized carbons (Fsp3) is 0.0714. The number of nitrogens with zero attached hydrogens (tertiary/aromatic N) is 1. The SMILES string of the molecule is COc1ccc(S(=O)(=O)Nc2cc(C(N)=O)c(F)cc2F)c([N+](=O)[O-])c1. The number of halogens is 2. The molecule has 0 fully saturated rings. The number of ether oxygens (including phenoxy) is 1. The molecule has 9 nitrogen and oxygen atoms in total. The van der Waals surface area contributed by atoms with Crippen molar-refractivity contribution in [3.8, 4) is 5.75 Å². The van der Waals surface area contributed by atoms with Gasteiger partial charge in [-0.2, -0.15) is 0 Å². The van der Waals surface area contributed by atoms with Crippen molar-refractivity contribution in [3.05, 3.63) is 57.6 Å². The maximum atomic E-state index is 13.8. The minimum Gasteiger partial charge on any atom is -0.497 e. The second-order valence-corrected chi connectivity index (χ2v) is 6.52. The highest BCUT2D eigenvalue weighted by Gasteiger charge is 2.28. The Morgan fingerprint density at radius 2 is 1.88 bits per heavy atom. The summed E-state index contributed by atoms with van der Waals surface area (Å²) < 4.78 is 58.7. The minimum absolute atomic E-state index is 0.0274. The molecule has 0 heterocycles. The smallest absolute Gasteiger partial charge is 0.293 e. The van der Waals surface area contributed by atoms with E-state index >= 15 is 0 Å². The summed E-state index contributed by atoms with van der Waals surface area (Å²) in [4.78, 5) is 20.5. The number of hydrogen-bond acceptors (Lipinski definition) is 6. The molecule has 26 heavy (non-hydrogen) atoms. The van der Waals surface area contributed by atoms with Crippen molar-refractivity contribution in [1.29, 1.82) is 0 Å². The van der Waals surface area contributed by atoms with Crippen molar-refractivity contribution in [2.45, 2.75) is 4.90 Å². The average Bonchev–Trinajstić information content (AvgIpc) is 2.56. The van der Waals surface area contributed by atoms with Gasteiger partial charge in [-0.05, 0) is 18.2 Å². The first-order valence-electron chi connectivity index (χ1n) is 6.71. The van der Waals surface area contributed by atoms with Gasteiger partial charge in [-0.3, -0.25) is 19.6 Å². The van der Waals surface area contributed by atoms with E-state index in [1.807, 2.05) is 0 Å². The van der Waals surface area contributed by atoms with E-state index in [1.54, 1.807) is 4.72 Å². The zero-order valence-corrected chi connectivity index (χ0v) is 13.8. The number of methoxy groups -OCH3 is 1. The lowest BCUT2D eigenvalue weighted by molar-refractivity contribution is -0.387. The van der Waals surface area contributed by atoms with Gasteiger partial charge in [0.15, 0.2) is 4.90 Å². The number of anilines is 1. The summed E-state index contributed by atoms with van der Waals surface area (Å²) in [5.74, 6) is -3.85. The number of benzene rings is 2. The number of hydrogen-bond donors (Lipinski definition) is 2. The Hall–Kier alpha value is -3.28. The van der Waals surface area contributed by atoms with E-state index in [2.05, 4.69) is 0 Å². The van der Waals surface area contributed by atoms with Crippen molar-refractivity contribution in [2.75, 3.05) is 11.8 Å². The van der Waals surface area contributed by atoms with E-state index in [9.17, 15) is 32.1 Å². The summed E-state index contributed by atoms with van der Waals surface area (Å²) in [6.45, 7) is 0. The van der Waals surface area contributed by atoms with Crippen LogP contribution in [0.3, 0.4) is 0 Å². The van der Waals surface area contributed by atoms with Crippen LogP contribution in [0.25, 0.3) is 0 Å². The second kappa shape index (κ2) is 6.92. The number of sulfonamides is 1. The Morgan fingerprint density at radius 1 is 1.23 bits per heavy atom. The number of primary amides is 1. The Morgan fingerprint density at radius 3 is 2.42 bits per heavy atom. The molecular weight excluding hydrogens is 376 g/mol. The van der Waals surface area contributed by atoms with Gasteiger partial charge in [-0.15, -0.1) is 0 Å². The van der Waals surface area contributed by atoms with Crippen LogP contribution in [0.1, 0.15) is 10.4 Å². The Balaban J connectivity index is 2.55. The van der Waals surface area contributed by atoms with Gasteiger partial charge < -0.3 is 10.5 Å². The highest BCUT2D eigenvalue weighted by atomic mass is 32.2. The van der Waals surface area contributed by atoms with Gasteiger partial charge in [-0.25, -0.2) is 17.2 Å². The highest BCUT2D eigenvalue weighted by Crippen LogP contribution is 2.30. The number of nitro benzene ring substituents is 1. The summed E-state index contributed by atoms with van der Waals surface area (Å²) in [6, 6.07) is 3.72. The van der Waals surface area contributed by atoms with Crippen LogP contribution < -0.4 is 15.2 Å². The topological polar surface area (TPSA) is 142 Å². The monoisotopic (exact) mass is 387 g/mol. The van der Waals surface area contributed by atoms with Gasteiger partial charge in [0.05, 0.1) is 29.4 Å². The fourth-order valence-electron chi connectivity index (χ4n) is 2.01. The molecule has 0 saturated heterocycles. The second-order valence-electron chi connectivity index (χ2n) is 4.87. The van der Waals surface area contributed by atoms with Crippen LogP contribution in [0, 0.1) is 21.7 Å². The zero-order valence-electron chi connectivity index (χ0n) is 13.0. The van der Waals surface area contributed by atoms with Gasteiger partial charge in [0.2, 0.25) is 0 Å². The van der Waals surface area contributed by atoms with Gasteiger partial charge >= 0.3 is 0 Å². The summed E-state index contributed by atoms with van der Waals surface area (Å²) in [6.07, 6.45) is 0. The molecule has 0 unspecified atom stereocenters. The molecule has 0 saturated carbocycles. The fourth-order valence-corrected chi connectivity index (χ4v) is 3.22. The zero-order chi connectivity index (χ0) is 19.6.